The van der Waals surface area contributed by atoms with Crippen molar-refractivity contribution in [2.45, 2.75) is 32.2 Å². The van der Waals surface area contributed by atoms with Crippen LogP contribution in [0.3, 0.4) is 0 Å². The molecule has 4 heteroatoms. The molecule has 0 saturated carbocycles. The number of carbonyl (C=O) groups excluding carboxylic acids is 1. The Morgan fingerprint density at radius 3 is 2.76 bits per heavy atom. The predicted octanol–water partition coefficient (Wildman–Crippen LogP) is 3.02. The Morgan fingerprint density at radius 2 is 2.00 bits per heavy atom. The van der Waals surface area contributed by atoms with Gasteiger partial charge in [-0.3, -0.25) is 4.90 Å². The molecule has 0 radical (unpaired) electrons. The van der Waals surface area contributed by atoms with Gasteiger partial charge in [0.25, 0.3) is 0 Å². The number of carbonyl (C=O) groups is 1. The van der Waals surface area contributed by atoms with Gasteiger partial charge in [-0.2, -0.15) is 0 Å². The lowest BCUT2D eigenvalue weighted by molar-refractivity contribution is 0.132. The summed E-state index contributed by atoms with van der Waals surface area (Å²) in [6.07, 6.45) is 3.69. The van der Waals surface area contributed by atoms with Gasteiger partial charge in [0.2, 0.25) is 0 Å². The van der Waals surface area contributed by atoms with Crippen LogP contribution in [0.4, 0.5) is 10.5 Å². The van der Waals surface area contributed by atoms with Crippen molar-refractivity contribution in [2.75, 3.05) is 31.5 Å². The number of nitrogens with one attached hydrogen (secondary N) is 1. The Kier molecular flexibility index (Phi) is 4.44. The van der Waals surface area contributed by atoms with Gasteiger partial charge in [-0.15, -0.1) is 0 Å². The number of para-hydroxylation sites is 1. The van der Waals surface area contributed by atoms with Gasteiger partial charge in [0.1, 0.15) is 0 Å². The molecule has 4 nitrogen and oxygen atoms in total. The first-order valence-corrected chi connectivity index (χ1v) is 8.11. The van der Waals surface area contributed by atoms with Crippen molar-refractivity contribution in [2.24, 2.45) is 5.92 Å². The summed E-state index contributed by atoms with van der Waals surface area (Å²) in [6.45, 7) is 6.33. The number of amides is 2. The Labute approximate surface area is 127 Å². The third kappa shape index (κ3) is 3.38. The highest BCUT2D eigenvalue weighted by atomic mass is 16.2. The topological polar surface area (TPSA) is 35.6 Å². The molecule has 3 aliphatic heterocycles. The van der Waals surface area contributed by atoms with E-state index < -0.39 is 0 Å². The largest absolute Gasteiger partial charge is 0.323 e. The Balaban J connectivity index is 1.65. The van der Waals surface area contributed by atoms with Crippen molar-refractivity contribution in [1.29, 1.82) is 0 Å². The van der Waals surface area contributed by atoms with Crippen LogP contribution in [0.1, 0.15) is 26.2 Å². The Hall–Kier alpha value is -1.55. The molecule has 4 rings (SSSR count). The van der Waals surface area contributed by atoms with Crippen molar-refractivity contribution in [3.8, 4) is 0 Å². The highest BCUT2D eigenvalue weighted by molar-refractivity contribution is 5.89. The maximum absolute atomic E-state index is 12.5. The van der Waals surface area contributed by atoms with E-state index in [1.54, 1.807) is 0 Å². The fourth-order valence-corrected chi connectivity index (χ4v) is 3.63. The second-order valence-corrected chi connectivity index (χ2v) is 6.29. The van der Waals surface area contributed by atoms with Crippen LogP contribution in [-0.4, -0.2) is 48.1 Å². The van der Waals surface area contributed by atoms with Crippen LogP contribution < -0.4 is 5.32 Å². The Bertz CT molecular complexity index is 476. The van der Waals surface area contributed by atoms with E-state index in [1.165, 1.54) is 19.3 Å². The second kappa shape index (κ2) is 6.48. The van der Waals surface area contributed by atoms with E-state index in [1.807, 2.05) is 35.2 Å². The zero-order valence-electron chi connectivity index (χ0n) is 12.8. The maximum atomic E-state index is 12.5. The normalized spacial score (nSPS) is 25.7. The van der Waals surface area contributed by atoms with Crippen LogP contribution in [0.15, 0.2) is 30.3 Å². The lowest BCUT2D eigenvalue weighted by Crippen LogP contribution is -2.45. The Morgan fingerprint density at radius 1 is 1.19 bits per heavy atom. The summed E-state index contributed by atoms with van der Waals surface area (Å²) in [4.78, 5) is 17.1. The van der Waals surface area contributed by atoms with Crippen LogP contribution in [0.2, 0.25) is 0 Å². The van der Waals surface area contributed by atoms with E-state index in [0.29, 0.717) is 12.0 Å². The van der Waals surface area contributed by atoms with Gasteiger partial charge in [-0.25, -0.2) is 4.79 Å². The molecule has 2 atom stereocenters. The summed E-state index contributed by atoms with van der Waals surface area (Å²) in [5, 5.41) is 3.02. The monoisotopic (exact) mass is 287 g/mol. The van der Waals surface area contributed by atoms with E-state index in [4.69, 9.17) is 0 Å². The van der Waals surface area contributed by atoms with Crippen LogP contribution in [0.5, 0.6) is 0 Å². The molecule has 0 unspecified atom stereocenters. The van der Waals surface area contributed by atoms with Crippen LogP contribution in [0, 0.1) is 5.92 Å². The standard InChI is InChI=1S/C17H25N3O/c1-2-10-19-11-14-8-9-16(19)13-20(12-14)17(21)18-15-6-4-3-5-7-15/h3-7,14,16H,2,8-13H2,1H3,(H,18,21)/t14-,16-/m1/s1. The number of hydrogen-bond donors (Lipinski definition) is 1. The lowest BCUT2D eigenvalue weighted by atomic mass is 9.95. The highest BCUT2D eigenvalue weighted by Gasteiger charge is 2.35. The van der Waals surface area contributed by atoms with Crippen molar-refractivity contribution in [3.05, 3.63) is 30.3 Å². The van der Waals surface area contributed by atoms with Gasteiger partial charge in [-0.05, 0) is 43.9 Å². The van der Waals surface area contributed by atoms with Gasteiger partial charge in [-0.1, -0.05) is 25.1 Å². The van der Waals surface area contributed by atoms with E-state index >= 15 is 0 Å². The minimum atomic E-state index is 0.0523. The first-order valence-electron chi connectivity index (χ1n) is 8.11. The molecule has 3 aliphatic rings. The summed E-state index contributed by atoms with van der Waals surface area (Å²) in [5.41, 5.74) is 0.879. The van der Waals surface area contributed by atoms with E-state index in [0.717, 1.165) is 31.9 Å². The molecule has 1 N–H and O–H groups in total. The summed E-state index contributed by atoms with van der Waals surface area (Å²) in [5.74, 6) is 0.636. The summed E-state index contributed by atoms with van der Waals surface area (Å²) in [7, 11) is 0. The van der Waals surface area contributed by atoms with Crippen molar-refractivity contribution < 1.29 is 4.79 Å². The number of rotatable bonds is 3. The average molecular weight is 287 g/mol. The summed E-state index contributed by atoms with van der Waals surface area (Å²) in [6, 6.07) is 10.3. The van der Waals surface area contributed by atoms with Gasteiger partial charge in [0, 0.05) is 31.4 Å². The molecule has 0 aliphatic carbocycles. The quantitative estimate of drug-likeness (QED) is 0.927. The number of fused-ring (bicyclic) bond motifs is 4. The molecule has 0 spiro atoms. The smallest absolute Gasteiger partial charge is 0.321 e. The van der Waals surface area contributed by atoms with Gasteiger partial charge in [0.05, 0.1) is 0 Å². The van der Waals surface area contributed by atoms with Crippen LogP contribution in [0.25, 0.3) is 0 Å². The zero-order chi connectivity index (χ0) is 14.7. The number of urea groups is 1. The minimum absolute atomic E-state index is 0.0523. The van der Waals surface area contributed by atoms with E-state index in [2.05, 4.69) is 17.1 Å². The predicted molar refractivity (Wildman–Crippen MR) is 85.4 cm³/mol. The highest BCUT2D eigenvalue weighted by Crippen LogP contribution is 2.28. The molecule has 114 valence electrons. The molecule has 0 aromatic heterocycles. The fourth-order valence-electron chi connectivity index (χ4n) is 3.63. The van der Waals surface area contributed by atoms with Crippen molar-refractivity contribution in [3.63, 3.8) is 0 Å². The van der Waals surface area contributed by atoms with Gasteiger partial charge < -0.3 is 10.2 Å². The molecule has 3 fully saturated rings. The zero-order valence-corrected chi connectivity index (χ0v) is 12.8. The minimum Gasteiger partial charge on any atom is -0.323 e. The number of nitrogens with zero attached hydrogens (tertiary/aromatic N) is 2. The van der Waals surface area contributed by atoms with Gasteiger partial charge >= 0.3 is 6.03 Å². The first-order chi connectivity index (χ1) is 10.3. The number of hydrogen-bond acceptors (Lipinski definition) is 2. The third-order valence-corrected chi connectivity index (χ3v) is 4.65. The van der Waals surface area contributed by atoms with Gasteiger partial charge in [0.15, 0.2) is 0 Å². The average Bonchev–Trinajstić information content (AvgIpc) is 2.80. The van der Waals surface area contributed by atoms with E-state index in [-0.39, 0.29) is 6.03 Å². The van der Waals surface area contributed by atoms with Crippen LogP contribution in [-0.2, 0) is 0 Å². The number of benzene rings is 1. The van der Waals surface area contributed by atoms with Crippen molar-refractivity contribution >= 4 is 11.7 Å². The molecule has 21 heavy (non-hydrogen) atoms. The van der Waals surface area contributed by atoms with Crippen LogP contribution >= 0.6 is 0 Å². The molecule has 2 amide bonds. The third-order valence-electron chi connectivity index (χ3n) is 4.65. The fraction of sp³-hybridized carbons (Fsp3) is 0.588. The molecule has 3 saturated heterocycles. The molecule has 1 aromatic carbocycles. The SMILES string of the molecule is CCCN1C[C@H]2CC[C@@H]1CN(C(=O)Nc1ccccc1)C2. The lowest BCUT2D eigenvalue weighted by Gasteiger charge is -2.35. The molecule has 2 bridgehead atoms. The molecular formula is C17H25N3O. The second-order valence-electron chi connectivity index (χ2n) is 6.29. The number of anilines is 1. The van der Waals surface area contributed by atoms with Crippen molar-refractivity contribution in [1.82, 2.24) is 9.80 Å². The summed E-state index contributed by atoms with van der Waals surface area (Å²) >= 11 is 0. The molecule has 1 aromatic rings. The molecular weight excluding hydrogens is 262 g/mol. The summed E-state index contributed by atoms with van der Waals surface area (Å²) < 4.78 is 0. The number of piperidine rings is 1. The molecule has 3 heterocycles. The maximum Gasteiger partial charge on any atom is 0.321 e. The first kappa shape index (κ1) is 14.4. The van der Waals surface area contributed by atoms with E-state index in [9.17, 15) is 4.79 Å².